The predicted octanol–water partition coefficient (Wildman–Crippen LogP) is 4.25. The highest BCUT2D eigenvalue weighted by molar-refractivity contribution is 5.98. The van der Waals surface area contributed by atoms with E-state index in [0.29, 0.717) is 24.8 Å². The Morgan fingerprint density at radius 1 is 0.948 bits per heavy atom. The van der Waals surface area contributed by atoms with Crippen LogP contribution in [0.15, 0.2) is 90.5 Å². The van der Waals surface area contributed by atoms with Crippen LogP contribution in [0.3, 0.4) is 0 Å². The minimum absolute atomic E-state index is 0.0669. The summed E-state index contributed by atoms with van der Waals surface area (Å²) in [6.07, 6.45) is 2.63. The van der Waals surface area contributed by atoms with Gasteiger partial charge in [0.15, 0.2) is 5.79 Å². The number of fused-ring (bicyclic) bond motifs is 2. The number of aromatic hydroxyl groups is 1. The van der Waals surface area contributed by atoms with E-state index in [1.54, 1.807) is 69.3 Å². The number of aliphatic hydroxyl groups excluding tert-OH is 2. The number of ether oxygens (including phenoxy) is 4. The predicted molar refractivity (Wildman–Crippen MR) is 213 cm³/mol. The molecule has 6 atom stereocenters. The molecule has 0 saturated carbocycles. The van der Waals surface area contributed by atoms with E-state index in [0.717, 1.165) is 16.7 Å². The standard InChI is InChI=1S/C45H52N2O11/c1-27(49)39(42(53)46-33(26-48)20-21-38(51)57-44(2,3)4)47-41(52)32-22-36(40-37(23-32)56-45(58-40)24-30-14-5-6-15-31(30)25-45)55-43(54)34-18-9-7-12-28(34)16-11-17-29-13-8-10-19-35(29)50/h5-16,18-19,23,27,33,36-37,39-40,48-50H,17,20-22,24-26H2,1-4H3,(H,46,53)(H,47,52)/t27-,33-,36+,37+,39+,40-/m0/s1. The van der Waals surface area contributed by atoms with Crippen LogP contribution in [0.1, 0.15) is 79.6 Å². The zero-order valence-corrected chi connectivity index (χ0v) is 33.2. The van der Waals surface area contributed by atoms with Gasteiger partial charge in [-0.3, -0.25) is 14.4 Å². The average molecular weight is 797 g/mol. The van der Waals surface area contributed by atoms with Gasteiger partial charge in [-0.1, -0.05) is 72.8 Å². The molecular formula is C45H52N2O11. The number of carbonyl (C=O) groups is 4. The van der Waals surface area contributed by atoms with Crippen molar-refractivity contribution in [2.45, 2.75) is 114 Å². The van der Waals surface area contributed by atoms with Crippen molar-refractivity contribution in [2.24, 2.45) is 0 Å². The van der Waals surface area contributed by atoms with Crippen molar-refractivity contribution >= 4 is 29.8 Å². The topological polar surface area (TPSA) is 190 Å². The Kier molecular flexibility index (Phi) is 13.2. The second-order valence-electron chi connectivity index (χ2n) is 16.1. The molecule has 3 aromatic rings. The highest BCUT2D eigenvalue weighted by Crippen LogP contribution is 2.45. The first-order valence-electron chi connectivity index (χ1n) is 19.6. The molecule has 0 unspecified atom stereocenters. The van der Waals surface area contributed by atoms with Crippen LogP contribution >= 0.6 is 0 Å². The molecule has 0 bridgehead atoms. The van der Waals surface area contributed by atoms with Gasteiger partial charge in [-0.25, -0.2) is 4.79 Å². The van der Waals surface area contributed by atoms with E-state index in [-0.39, 0.29) is 36.1 Å². The fraction of sp³-hybridized carbons (Fsp3) is 0.422. The number of carbonyl (C=O) groups excluding carboxylic acids is 4. The Hall–Kier alpha value is -5.34. The van der Waals surface area contributed by atoms with Crippen molar-refractivity contribution in [3.8, 4) is 5.75 Å². The molecule has 3 aliphatic rings. The van der Waals surface area contributed by atoms with Gasteiger partial charge in [0.05, 0.1) is 24.3 Å². The second kappa shape index (κ2) is 18.1. The van der Waals surface area contributed by atoms with Gasteiger partial charge in [0.1, 0.15) is 35.7 Å². The highest BCUT2D eigenvalue weighted by Gasteiger charge is 2.55. The fourth-order valence-corrected chi connectivity index (χ4v) is 7.51. The third kappa shape index (κ3) is 10.4. The molecule has 5 N–H and O–H groups in total. The van der Waals surface area contributed by atoms with Crippen molar-refractivity contribution in [1.29, 1.82) is 0 Å². The molecule has 1 fully saturated rings. The van der Waals surface area contributed by atoms with Gasteiger partial charge in [0.2, 0.25) is 11.8 Å². The molecule has 0 aromatic heterocycles. The Morgan fingerprint density at radius 3 is 2.29 bits per heavy atom. The van der Waals surface area contributed by atoms with Crippen LogP contribution in [-0.4, -0.2) is 93.6 Å². The summed E-state index contributed by atoms with van der Waals surface area (Å²) < 4.78 is 24.7. The number of phenols is 1. The van der Waals surface area contributed by atoms with E-state index in [1.165, 1.54) is 6.92 Å². The lowest BCUT2D eigenvalue weighted by atomic mass is 9.91. The summed E-state index contributed by atoms with van der Waals surface area (Å²) in [5.74, 6) is -3.47. The van der Waals surface area contributed by atoms with Gasteiger partial charge in [0, 0.05) is 31.3 Å². The lowest BCUT2D eigenvalue weighted by Crippen LogP contribution is -2.55. The fourth-order valence-electron chi connectivity index (χ4n) is 7.51. The first-order valence-corrected chi connectivity index (χ1v) is 19.6. The number of aliphatic hydroxyl groups is 2. The number of rotatable bonds is 14. The van der Waals surface area contributed by atoms with Gasteiger partial charge in [-0.15, -0.1) is 0 Å². The molecule has 1 aliphatic heterocycles. The molecule has 6 rings (SSSR count). The van der Waals surface area contributed by atoms with E-state index in [9.17, 15) is 34.5 Å². The van der Waals surface area contributed by atoms with Gasteiger partial charge in [0.25, 0.3) is 0 Å². The van der Waals surface area contributed by atoms with Crippen molar-refractivity contribution < 1.29 is 53.4 Å². The lowest BCUT2D eigenvalue weighted by molar-refractivity contribution is -0.172. The maximum absolute atomic E-state index is 14.0. The number of esters is 2. The SMILES string of the molecule is C[C@H](O)[C@@H](NC(=O)C1=C[C@H]2OC3(Cc4ccccc4C3)O[C@H]2[C@H](OC(=O)c2ccccc2C=CCc2ccccc2O)C1)C(=O)N[C@H](CO)CCC(=O)OC(C)(C)C. The van der Waals surface area contributed by atoms with E-state index in [1.807, 2.05) is 42.5 Å². The van der Waals surface area contributed by atoms with Crippen LogP contribution in [0.5, 0.6) is 5.75 Å². The normalized spacial score (nSPS) is 21.0. The van der Waals surface area contributed by atoms with Gasteiger partial charge in [-0.2, -0.15) is 0 Å². The third-order valence-corrected chi connectivity index (χ3v) is 10.3. The maximum Gasteiger partial charge on any atom is 0.339 e. The Bertz CT molecular complexity index is 2030. The van der Waals surface area contributed by atoms with Crippen LogP contribution in [0, 0.1) is 0 Å². The summed E-state index contributed by atoms with van der Waals surface area (Å²) in [5.41, 5.74) is 3.20. The third-order valence-electron chi connectivity index (χ3n) is 10.3. The average Bonchev–Trinajstić information content (AvgIpc) is 3.73. The van der Waals surface area contributed by atoms with Gasteiger partial charge < -0.3 is 44.9 Å². The van der Waals surface area contributed by atoms with E-state index in [2.05, 4.69) is 10.6 Å². The van der Waals surface area contributed by atoms with Crippen molar-refractivity contribution in [2.75, 3.05) is 6.61 Å². The zero-order chi connectivity index (χ0) is 41.6. The number of nitrogens with one attached hydrogen (secondary N) is 2. The van der Waals surface area contributed by atoms with E-state index >= 15 is 0 Å². The number of amides is 2. The maximum atomic E-state index is 14.0. The highest BCUT2D eigenvalue weighted by atomic mass is 16.8. The first-order chi connectivity index (χ1) is 27.6. The molecule has 3 aromatic carbocycles. The van der Waals surface area contributed by atoms with Crippen LogP contribution in [0.25, 0.3) is 6.08 Å². The van der Waals surface area contributed by atoms with E-state index < -0.39 is 78.2 Å². The van der Waals surface area contributed by atoms with Gasteiger partial charge in [-0.05, 0) is 81.0 Å². The number of para-hydroxylation sites is 1. The summed E-state index contributed by atoms with van der Waals surface area (Å²) in [6, 6.07) is 19.6. The summed E-state index contributed by atoms with van der Waals surface area (Å²) >= 11 is 0. The molecule has 308 valence electrons. The Morgan fingerprint density at radius 2 is 1.62 bits per heavy atom. The molecule has 1 saturated heterocycles. The molecule has 1 heterocycles. The van der Waals surface area contributed by atoms with Crippen LogP contribution in [0.4, 0.5) is 0 Å². The molecule has 1 spiro atoms. The van der Waals surface area contributed by atoms with Crippen LogP contribution in [-0.2, 0) is 52.6 Å². The number of benzene rings is 3. The summed E-state index contributed by atoms with van der Waals surface area (Å²) in [6.45, 7) is 6.06. The molecule has 13 heteroatoms. The molecule has 0 radical (unpaired) electrons. The van der Waals surface area contributed by atoms with E-state index in [4.69, 9.17) is 18.9 Å². The van der Waals surface area contributed by atoms with Crippen LogP contribution < -0.4 is 10.6 Å². The molecule has 2 amide bonds. The van der Waals surface area contributed by atoms with Gasteiger partial charge >= 0.3 is 11.9 Å². The molecule has 2 aliphatic carbocycles. The minimum atomic E-state index is -1.43. The van der Waals surface area contributed by atoms with Crippen molar-refractivity contribution in [3.63, 3.8) is 0 Å². The number of allylic oxidation sites excluding steroid dienone is 1. The van der Waals surface area contributed by atoms with Crippen LogP contribution in [0.2, 0.25) is 0 Å². The quantitative estimate of drug-likeness (QED) is 0.147. The lowest BCUT2D eigenvalue weighted by Gasteiger charge is -2.31. The molecular weight excluding hydrogens is 744 g/mol. The van der Waals surface area contributed by atoms with Crippen molar-refractivity contribution in [3.05, 3.63) is 118 Å². The monoisotopic (exact) mass is 796 g/mol. The summed E-state index contributed by atoms with van der Waals surface area (Å²) in [7, 11) is 0. The summed E-state index contributed by atoms with van der Waals surface area (Å²) in [4.78, 5) is 53.6. The second-order valence-corrected chi connectivity index (χ2v) is 16.1. The number of hydrogen-bond acceptors (Lipinski definition) is 11. The minimum Gasteiger partial charge on any atom is -0.508 e. The largest absolute Gasteiger partial charge is 0.508 e. The number of hydrogen-bond donors (Lipinski definition) is 5. The Balaban J connectivity index is 1.19. The number of phenolic OH excluding ortho intramolecular Hbond substituents is 1. The Labute approximate surface area is 338 Å². The first kappa shape index (κ1) is 42.3. The van der Waals surface area contributed by atoms with Crippen molar-refractivity contribution in [1.82, 2.24) is 10.6 Å². The zero-order valence-electron chi connectivity index (χ0n) is 33.2. The smallest absolute Gasteiger partial charge is 0.339 e. The summed E-state index contributed by atoms with van der Waals surface area (Å²) in [5, 5.41) is 36.0. The molecule has 13 nitrogen and oxygen atoms in total. The molecule has 58 heavy (non-hydrogen) atoms.